The SMILES string of the molecule is CCc1c(-c2ccccc2)c(C)nn1C(C)C.[Pt]. The minimum Gasteiger partial charge on any atom is -0.266 e. The third-order valence-corrected chi connectivity index (χ3v) is 3.07. The number of aryl methyl sites for hydroxylation is 1. The van der Waals surface area contributed by atoms with Crippen LogP contribution in [0.5, 0.6) is 0 Å². The van der Waals surface area contributed by atoms with Gasteiger partial charge in [0.2, 0.25) is 0 Å². The van der Waals surface area contributed by atoms with Crippen LogP contribution in [0.25, 0.3) is 11.1 Å². The van der Waals surface area contributed by atoms with Crippen LogP contribution in [-0.2, 0) is 27.5 Å². The summed E-state index contributed by atoms with van der Waals surface area (Å²) in [6.45, 7) is 8.66. The first kappa shape index (κ1) is 15.2. The van der Waals surface area contributed by atoms with E-state index in [1.54, 1.807) is 0 Å². The Labute approximate surface area is 124 Å². The fourth-order valence-corrected chi connectivity index (χ4v) is 2.34. The second-order valence-electron chi connectivity index (χ2n) is 4.67. The van der Waals surface area contributed by atoms with Crippen LogP contribution in [0, 0.1) is 6.92 Å². The van der Waals surface area contributed by atoms with Crippen LogP contribution in [0.1, 0.15) is 38.2 Å². The Kier molecular flexibility index (Phi) is 5.34. The van der Waals surface area contributed by atoms with Crippen molar-refractivity contribution in [1.82, 2.24) is 9.78 Å². The molecule has 2 nitrogen and oxygen atoms in total. The van der Waals surface area contributed by atoms with Crippen molar-refractivity contribution in [3.8, 4) is 11.1 Å². The summed E-state index contributed by atoms with van der Waals surface area (Å²) in [5.74, 6) is 0. The van der Waals surface area contributed by atoms with Crippen molar-refractivity contribution in [1.29, 1.82) is 0 Å². The van der Waals surface area contributed by atoms with E-state index >= 15 is 0 Å². The number of benzene rings is 1. The predicted octanol–water partition coefficient (Wildman–Crippen LogP) is 4.00. The summed E-state index contributed by atoms with van der Waals surface area (Å²) in [5.41, 5.74) is 5.04. The molecule has 0 atom stereocenters. The largest absolute Gasteiger partial charge is 0.266 e. The molecular formula is C15H20N2Pt. The molecule has 0 saturated carbocycles. The van der Waals surface area contributed by atoms with Gasteiger partial charge in [0.25, 0.3) is 0 Å². The minimum absolute atomic E-state index is 0. The van der Waals surface area contributed by atoms with Gasteiger partial charge in [-0.25, -0.2) is 0 Å². The van der Waals surface area contributed by atoms with Crippen molar-refractivity contribution in [2.45, 2.75) is 40.2 Å². The molecule has 0 bridgehead atoms. The van der Waals surface area contributed by atoms with Crippen molar-refractivity contribution in [3.05, 3.63) is 41.7 Å². The summed E-state index contributed by atoms with van der Waals surface area (Å²) >= 11 is 0. The first-order valence-electron chi connectivity index (χ1n) is 6.28. The average molecular weight is 423 g/mol. The maximum absolute atomic E-state index is 4.67. The van der Waals surface area contributed by atoms with Crippen molar-refractivity contribution in [2.24, 2.45) is 0 Å². The molecule has 18 heavy (non-hydrogen) atoms. The molecule has 0 aliphatic heterocycles. The second kappa shape index (κ2) is 6.33. The van der Waals surface area contributed by atoms with Gasteiger partial charge in [0.05, 0.1) is 5.69 Å². The molecule has 0 saturated heterocycles. The van der Waals surface area contributed by atoms with E-state index in [0.29, 0.717) is 6.04 Å². The van der Waals surface area contributed by atoms with E-state index in [1.165, 1.54) is 16.8 Å². The molecule has 3 heteroatoms. The first-order chi connectivity index (χ1) is 8.15. The van der Waals surface area contributed by atoms with Gasteiger partial charge in [0.15, 0.2) is 0 Å². The Hall–Kier alpha value is -0.882. The smallest absolute Gasteiger partial charge is 0.0675 e. The predicted molar refractivity (Wildman–Crippen MR) is 72.2 cm³/mol. The third kappa shape index (κ3) is 2.75. The quantitative estimate of drug-likeness (QED) is 0.730. The zero-order valence-electron chi connectivity index (χ0n) is 11.4. The molecule has 2 rings (SSSR count). The number of nitrogens with zero attached hydrogens (tertiary/aromatic N) is 2. The summed E-state index contributed by atoms with van der Waals surface area (Å²) in [6, 6.07) is 11.0. The van der Waals surface area contributed by atoms with Gasteiger partial charge in [0.1, 0.15) is 0 Å². The van der Waals surface area contributed by atoms with E-state index < -0.39 is 0 Å². The molecule has 0 unspecified atom stereocenters. The number of hydrogen-bond donors (Lipinski definition) is 0. The van der Waals surface area contributed by atoms with Crippen molar-refractivity contribution in [2.75, 3.05) is 0 Å². The molecule has 0 spiro atoms. The molecule has 1 aromatic heterocycles. The van der Waals surface area contributed by atoms with Gasteiger partial charge < -0.3 is 0 Å². The first-order valence-corrected chi connectivity index (χ1v) is 6.28. The Bertz CT molecular complexity index is 501. The van der Waals surface area contributed by atoms with Gasteiger partial charge in [-0.1, -0.05) is 37.3 Å². The summed E-state index contributed by atoms with van der Waals surface area (Å²) in [6.07, 6.45) is 1.02. The van der Waals surface area contributed by atoms with Crippen LogP contribution >= 0.6 is 0 Å². The van der Waals surface area contributed by atoms with Crippen LogP contribution in [-0.4, -0.2) is 9.78 Å². The fourth-order valence-electron chi connectivity index (χ4n) is 2.34. The van der Waals surface area contributed by atoms with E-state index in [1.807, 2.05) is 0 Å². The van der Waals surface area contributed by atoms with Crippen LogP contribution < -0.4 is 0 Å². The van der Waals surface area contributed by atoms with Gasteiger partial charge in [-0.05, 0) is 32.8 Å². The third-order valence-electron chi connectivity index (χ3n) is 3.07. The Balaban J connectivity index is 0.00000162. The summed E-state index contributed by atoms with van der Waals surface area (Å²) in [7, 11) is 0. The molecule has 0 N–H and O–H groups in total. The molecule has 0 amide bonds. The zero-order chi connectivity index (χ0) is 12.4. The maximum atomic E-state index is 4.67. The van der Waals surface area contributed by atoms with Gasteiger partial charge in [0, 0.05) is 38.4 Å². The maximum Gasteiger partial charge on any atom is 0.0675 e. The Morgan fingerprint density at radius 1 is 1.17 bits per heavy atom. The van der Waals surface area contributed by atoms with E-state index in [0.717, 1.165) is 12.1 Å². The van der Waals surface area contributed by atoms with E-state index in [2.05, 4.69) is 67.8 Å². The normalized spacial score (nSPS) is 10.5. The van der Waals surface area contributed by atoms with Crippen LogP contribution in [0.2, 0.25) is 0 Å². The molecular weight excluding hydrogens is 403 g/mol. The number of rotatable bonds is 3. The summed E-state index contributed by atoms with van der Waals surface area (Å²) in [4.78, 5) is 0. The van der Waals surface area contributed by atoms with Crippen LogP contribution in [0.4, 0.5) is 0 Å². The molecule has 0 fully saturated rings. The van der Waals surface area contributed by atoms with Crippen LogP contribution in [0.15, 0.2) is 30.3 Å². The molecule has 0 aliphatic rings. The number of aromatic nitrogens is 2. The van der Waals surface area contributed by atoms with Gasteiger partial charge in [-0.3, -0.25) is 4.68 Å². The van der Waals surface area contributed by atoms with Crippen LogP contribution in [0.3, 0.4) is 0 Å². The molecule has 100 valence electrons. The van der Waals surface area contributed by atoms with Crippen molar-refractivity contribution < 1.29 is 21.1 Å². The molecule has 0 aliphatic carbocycles. The summed E-state index contributed by atoms with van der Waals surface area (Å²) < 4.78 is 2.15. The minimum atomic E-state index is 0. The van der Waals surface area contributed by atoms with Crippen molar-refractivity contribution >= 4 is 0 Å². The van der Waals surface area contributed by atoms with Crippen molar-refractivity contribution in [3.63, 3.8) is 0 Å². The Morgan fingerprint density at radius 3 is 2.28 bits per heavy atom. The average Bonchev–Trinajstić information content (AvgIpc) is 2.67. The zero-order valence-corrected chi connectivity index (χ0v) is 13.7. The van der Waals surface area contributed by atoms with Gasteiger partial charge in [-0.2, -0.15) is 5.10 Å². The molecule has 2 aromatic rings. The monoisotopic (exact) mass is 423 g/mol. The fraction of sp³-hybridized carbons (Fsp3) is 0.400. The van der Waals surface area contributed by atoms with E-state index in [-0.39, 0.29) is 21.1 Å². The topological polar surface area (TPSA) is 17.8 Å². The molecule has 1 aromatic carbocycles. The number of hydrogen-bond acceptors (Lipinski definition) is 1. The summed E-state index contributed by atoms with van der Waals surface area (Å²) in [5, 5.41) is 4.67. The second-order valence-corrected chi connectivity index (χ2v) is 4.67. The standard InChI is InChI=1S/C15H20N2.Pt/c1-5-14-15(13-9-7-6-8-10-13)12(4)16-17(14)11(2)3;/h6-11H,5H2,1-4H3;. The Morgan fingerprint density at radius 2 is 1.78 bits per heavy atom. The molecule has 0 radical (unpaired) electrons. The van der Waals surface area contributed by atoms with E-state index in [4.69, 9.17) is 0 Å². The van der Waals surface area contributed by atoms with E-state index in [9.17, 15) is 0 Å². The van der Waals surface area contributed by atoms with Gasteiger partial charge >= 0.3 is 0 Å². The molecule has 1 heterocycles. The van der Waals surface area contributed by atoms with Gasteiger partial charge in [-0.15, -0.1) is 0 Å².